The second-order valence-electron chi connectivity index (χ2n) is 6.01. The third kappa shape index (κ3) is 2.66. The molecule has 6 heteroatoms. The fourth-order valence-electron chi connectivity index (χ4n) is 3.20. The first-order valence-corrected chi connectivity index (χ1v) is 9.60. The first-order valence-electron chi connectivity index (χ1n) is 8.16. The number of aromatic nitrogens is 1. The summed E-state index contributed by atoms with van der Waals surface area (Å²) >= 11 is 0. The molecule has 1 N–H and O–H groups in total. The van der Waals surface area contributed by atoms with E-state index in [-0.39, 0.29) is 0 Å². The molecule has 0 amide bonds. The van der Waals surface area contributed by atoms with Gasteiger partial charge in [-0.2, -0.15) is 4.31 Å². The number of nitrogens with zero attached hydrogens (tertiary/aromatic N) is 2. The summed E-state index contributed by atoms with van der Waals surface area (Å²) in [5.41, 5.74) is 1.58. The number of benzene rings is 2. The fraction of sp³-hybridized carbons (Fsp3) is 0.278. The van der Waals surface area contributed by atoms with Crippen LogP contribution in [0.4, 0.5) is 0 Å². The molecule has 1 fully saturated rings. The Hall–Kier alpha value is -2.02. The molecule has 1 aliphatic heterocycles. The fourth-order valence-corrected chi connectivity index (χ4v) is 4.87. The molecule has 24 heavy (non-hydrogen) atoms. The highest BCUT2D eigenvalue weighted by Crippen LogP contribution is 2.28. The molecule has 0 radical (unpaired) electrons. The zero-order valence-corrected chi connectivity index (χ0v) is 14.1. The van der Waals surface area contributed by atoms with Crippen LogP contribution in [0.2, 0.25) is 0 Å². The lowest BCUT2D eigenvalue weighted by Gasteiger charge is -2.20. The number of hydrogen-bond donors (Lipinski definition) is 1. The van der Waals surface area contributed by atoms with Gasteiger partial charge in [0.2, 0.25) is 10.0 Å². The highest BCUT2D eigenvalue weighted by atomic mass is 32.2. The minimum absolute atomic E-state index is 0.347. The lowest BCUT2D eigenvalue weighted by atomic mass is 10.1. The van der Waals surface area contributed by atoms with Gasteiger partial charge in [0.15, 0.2) is 0 Å². The number of rotatable bonds is 2. The molecule has 0 bridgehead atoms. The van der Waals surface area contributed by atoms with Gasteiger partial charge in [-0.15, -0.1) is 0 Å². The minimum atomic E-state index is -3.53. The number of sulfonamides is 1. The van der Waals surface area contributed by atoms with E-state index in [1.807, 2.05) is 36.4 Å². The summed E-state index contributed by atoms with van der Waals surface area (Å²) in [5.74, 6) is 0. The van der Waals surface area contributed by atoms with Gasteiger partial charge in [-0.05, 0) is 37.2 Å². The molecule has 1 aliphatic rings. The summed E-state index contributed by atoms with van der Waals surface area (Å²) in [4.78, 5) is 4.97. The van der Waals surface area contributed by atoms with Gasteiger partial charge >= 0.3 is 0 Å². The summed E-state index contributed by atoms with van der Waals surface area (Å²) < 4.78 is 27.9. The molecule has 5 nitrogen and oxygen atoms in total. The molecule has 1 saturated heterocycles. The van der Waals surface area contributed by atoms with Crippen LogP contribution in [0.3, 0.4) is 0 Å². The maximum atomic E-state index is 13.2. The number of pyridine rings is 1. The predicted molar refractivity (Wildman–Crippen MR) is 95.5 cm³/mol. The predicted octanol–water partition coefficient (Wildman–Crippen LogP) is 2.37. The number of fused-ring (bicyclic) bond motifs is 2. The van der Waals surface area contributed by atoms with Gasteiger partial charge in [-0.1, -0.05) is 24.3 Å². The topological polar surface area (TPSA) is 62.3 Å². The van der Waals surface area contributed by atoms with Crippen molar-refractivity contribution in [1.82, 2.24) is 14.6 Å². The molecule has 124 valence electrons. The molecule has 4 rings (SSSR count). The van der Waals surface area contributed by atoms with Crippen molar-refractivity contribution in [3.8, 4) is 0 Å². The Morgan fingerprint density at radius 1 is 0.958 bits per heavy atom. The van der Waals surface area contributed by atoms with E-state index in [4.69, 9.17) is 0 Å². The van der Waals surface area contributed by atoms with E-state index in [0.29, 0.717) is 35.4 Å². The molecule has 2 heterocycles. The van der Waals surface area contributed by atoms with Gasteiger partial charge in [0.1, 0.15) is 0 Å². The average molecular weight is 341 g/mol. The summed E-state index contributed by atoms with van der Waals surface area (Å²) in [6.45, 7) is 2.59. The summed E-state index contributed by atoms with van der Waals surface area (Å²) in [6, 6.07) is 15.0. The van der Waals surface area contributed by atoms with Gasteiger partial charge in [0.25, 0.3) is 0 Å². The van der Waals surface area contributed by atoms with Crippen molar-refractivity contribution in [2.24, 2.45) is 0 Å². The van der Waals surface area contributed by atoms with E-state index in [1.165, 1.54) is 0 Å². The van der Waals surface area contributed by atoms with Crippen LogP contribution >= 0.6 is 0 Å². The van der Waals surface area contributed by atoms with E-state index in [2.05, 4.69) is 10.3 Å². The highest BCUT2D eigenvalue weighted by Gasteiger charge is 2.27. The van der Waals surface area contributed by atoms with Crippen LogP contribution in [-0.4, -0.2) is 43.9 Å². The molecular formula is C18H19N3O2S. The minimum Gasteiger partial charge on any atom is -0.315 e. The summed E-state index contributed by atoms with van der Waals surface area (Å²) in [5, 5.41) is 4.88. The quantitative estimate of drug-likeness (QED) is 0.727. The first kappa shape index (κ1) is 15.5. The smallest absolute Gasteiger partial charge is 0.243 e. The monoisotopic (exact) mass is 341 g/mol. The van der Waals surface area contributed by atoms with Gasteiger partial charge in [-0.3, -0.25) is 0 Å². The maximum absolute atomic E-state index is 13.2. The molecule has 0 saturated carbocycles. The number of para-hydroxylation sites is 1. The van der Waals surface area contributed by atoms with Crippen LogP contribution < -0.4 is 5.32 Å². The Bertz CT molecular complexity index is 993. The van der Waals surface area contributed by atoms with Crippen molar-refractivity contribution in [2.45, 2.75) is 11.3 Å². The molecular weight excluding hydrogens is 322 g/mol. The van der Waals surface area contributed by atoms with Crippen molar-refractivity contribution < 1.29 is 8.42 Å². The third-order valence-electron chi connectivity index (χ3n) is 4.44. The van der Waals surface area contributed by atoms with Crippen LogP contribution in [-0.2, 0) is 10.0 Å². The van der Waals surface area contributed by atoms with Crippen molar-refractivity contribution in [3.63, 3.8) is 0 Å². The number of hydrogen-bond acceptors (Lipinski definition) is 4. The van der Waals surface area contributed by atoms with Gasteiger partial charge in [0, 0.05) is 30.4 Å². The van der Waals surface area contributed by atoms with Gasteiger partial charge < -0.3 is 5.32 Å². The van der Waals surface area contributed by atoms with Crippen LogP contribution in [0.25, 0.3) is 21.8 Å². The van der Waals surface area contributed by atoms with E-state index >= 15 is 0 Å². The lowest BCUT2D eigenvalue weighted by Crippen LogP contribution is -2.34. The SMILES string of the molecule is O=S(=O)(c1cccc2nc3ccccc3cc12)N1CCCNCC1. The second kappa shape index (κ2) is 6.12. The van der Waals surface area contributed by atoms with E-state index in [9.17, 15) is 8.42 Å². The van der Waals surface area contributed by atoms with Crippen molar-refractivity contribution >= 4 is 31.8 Å². The Morgan fingerprint density at radius 2 is 1.79 bits per heavy atom. The van der Waals surface area contributed by atoms with Gasteiger partial charge in [-0.25, -0.2) is 13.4 Å². The Labute approximate surface area is 141 Å². The zero-order valence-electron chi connectivity index (χ0n) is 13.3. The van der Waals surface area contributed by atoms with E-state index in [0.717, 1.165) is 23.9 Å². The van der Waals surface area contributed by atoms with E-state index < -0.39 is 10.0 Å². The van der Waals surface area contributed by atoms with Crippen LogP contribution in [0, 0.1) is 0 Å². The van der Waals surface area contributed by atoms with Crippen LogP contribution in [0.5, 0.6) is 0 Å². The highest BCUT2D eigenvalue weighted by molar-refractivity contribution is 7.89. The van der Waals surface area contributed by atoms with Crippen LogP contribution in [0.1, 0.15) is 6.42 Å². The van der Waals surface area contributed by atoms with Crippen molar-refractivity contribution in [3.05, 3.63) is 48.5 Å². The molecule has 0 spiro atoms. The Kier molecular flexibility index (Phi) is 3.96. The normalized spacial score (nSPS) is 17.2. The standard InChI is InChI=1S/C18H19N3O2S/c22-24(23,21-11-4-9-19-10-12-21)18-8-3-7-17-15(18)13-14-5-1-2-6-16(14)20-17/h1-3,5-8,13,19H,4,9-12H2. The molecule has 2 aromatic carbocycles. The lowest BCUT2D eigenvalue weighted by molar-refractivity contribution is 0.432. The molecule has 0 aliphatic carbocycles. The number of nitrogens with one attached hydrogen (secondary N) is 1. The largest absolute Gasteiger partial charge is 0.315 e. The Balaban J connectivity index is 1.90. The summed E-state index contributed by atoms with van der Waals surface area (Å²) in [6.07, 6.45) is 0.825. The summed E-state index contributed by atoms with van der Waals surface area (Å²) in [7, 11) is -3.53. The van der Waals surface area contributed by atoms with Gasteiger partial charge in [0.05, 0.1) is 15.9 Å². The van der Waals surface area contributed by atoms with Crippen molar-refractivity contribution in [2.75, 3.05) is 26.2 Å². The second-order valence-corrected chi connectivity index (χ2v) is 7.92. The first-order chi connectivity index (χ1) is 11.7. The zero-order chi connectivity index (χ0) is 16.6. The maximum Gasteiger partial charge on any atom is 0.243 e. The third-order valence-corrected chi connectivity index (χ3v) is 6.39. The molecule has 0 unspecified atom stereocenters. The molecule has 0 atom stereocenters. The Morgan fingerprint density at radius 3 is 2.71 bits per heavy atom. The van der Waals surface area contributed by atoms with Crippen LogP contribution in [0.15, 0.2) is 53.4 Å². The molecule has 1 aromatic heterocycles. The van der Waals surface area contributed by atoms with E-state index in [1.54, 1.807) is 16.4 Å². The average Bonchev–Trinajstić information content (AvgIpc) is 2.89. The van der Waals surface area contributed by atoms with Crippen molar-refractivity contribution in [1.29, 1.82) is 0 Å². The molecule has 3 aromatic rings.